The zero-order valence-corrected chi connectivity index (χ0v) is 10.8. The van der Waals surface area contributed by atoms with E-state index in [2.05, 4.69) is 5.32 Å². The molecule has 0 saturated heterocycles. The highest BCUT2D eigenvalue weighted by Crippen LogP contribution is 2.23. The number of para-hydroxylation sites is 1. The minimum absolute atomic E-state index is 0.110. The molecular weight excluding hydrogens is 259 g/mol. The quantitative estimate of drug-likeness (QED) is 0.733. The summed E-state index contributed by atoms with van der Waals surface area (Å²) in [4.78, 5) is 11.1. The Morgan fingerprint density at radius 1 is 1.20 bits per heavy atom. The normalized spacial score (nSPS) is 10.2. The number of nitrogen functional groups attached to an aromatic ring is 1. The van der Waals surface area contributed by atoms with Crippen LogP contribution in [0.1, 0.15) is 15.9 Å². The number of halogens is 1. The molecule has 104 valence electrons. The molecule has 0 spiro atoms. The molecule has 0 saturated carbocycles. The molecule has 0 fully saturated rings. The van der Waals surface area contributed by atoms with Gasteiger partial charge in [-0.05, 0) is 30.2 Å². The van der Waals surface area contributed by atoms with Crippen LogP contribution in [0, 0.1) is 5.82 Å². The highest BCUT2D eigenvalue weighted by atomic mass is 19.1. The molecule has 0 heterocycles. The molecule has 0 unspecified atom stereocenters. The largest absolute Gasteiger partial charge is 0.478 e. The number of carboxylic acid groups (broad SMARTS) is 1. The van der Waals surface area contributed by atoms with Crippen molar-refractivity contribution in [2.75, 3.05) is 17.6 Å². The summed E-state index contributed by atoms with van der Waals surface area (Å²) in [5.41, 5.74) is 7.18. The fraction of sp³-hybridized carbons (Fsp3) is 0.133. The summed E-state index contributed by atoms with van der Waals surface area (Å²) >= 11 is 0. The standard InChI is InChI=1S/C15H15FN2O2/c16-12-6-2-1-4-10(12)8-9-18-14-11(15(19)20)5-3-7-13(14)17/h1-7,18H,8-9,17H2,(H,19,20). The Bertz CT molecular complexity index is 629. The van der Waals surface area contributed by atoms with Gasteiger partial charge < -0.3 is 16.2 Å². The van der Waals surface area contributed by atoms with Crippen LogP contribution >= 0.6 is 0 Å². The Kier molecular flexibility index (Phi) is 4.20. The number of nitrogens with two attached hydrogens (primary N) is 1. The van der Waals surface area contributed by atoms with Gasteiger partial charge in [0.2, 0.25) is 0 Å². The van der Waals surface area contributed by atoms with E-state index in [1.165, 1.54) is 12.1 Å². The Balaban J connectivity index is 2.08. The Hall–Kier alpha value is -2.56. The van der Waals surface area contributed by atoms with Crippen LogP contribution in [-0.4, -0.2) is 17.6 Å². The lowest BCUT2D eigenvalue weighted by atomic mass is 10.1. The van der Waals surface area contributed by atoms with Crippen LogP contribution in [0.4, 0.5) is 15.8 Å². The molecule has 0 radical (unpaired) electrons. The second-order valence-corrected chi connectivity index (χ2v) is 4.34. The lowest BCUT2D eigenvalue weighted by Gasteiger charge is -2.12. The Morgan fingerprint density at radius 3 is 2.65 bits per heavy atom. The summed E-state index contributed by atoms with van der Waals surface area (Å²) in [6.45, 7) is 0.398. The van der Waals surface area contributed by atoms with Gasteiger partial charge in [-0.2, -0.15) is 0 Å². The number of carboxylic acids is 1. The number of aromatic carboxylic acids is 1. The van der Waals surface area contributed by atoms with Crippen molar-refractivity contribution >= 4 is 17.3 Å². The highest BCUT2D eigenvalue weighted by Gasteiger charge is 2.12. The molecule has 2 aromatic carbocycles. The van der Waals surface area contributed by atoms with Crippen LogP contribution in [0.15, 0.2) is 42.5 Å². The van der Waals surface area contributed by atoms with Gasteiger partial charge in [-0.15, -0.1) is 0 Å². The van der Waals surface area contributed by atoms with Crippen LogP contribution in [0.5, 0.6) is 0 Å². The Labute approximate surface area is 116 Å². The SMILES string of the molecule is Nc1cccc(C(=O)O)c1NCCc1ccccc1F. The molecule has 4 nitrogen and oxygen atoms in total. The Morgan fingerprint density at radius 2 is 1.95 bits per heavy atom. The molecule has 0 atom stereocenters. The van der Waals surface area contributed by atoms with E-state index in [9.17, 15) is 9.18 Å². The van der Waals surface area contributed by atoms with Crippen molar-refractivity contribution in [2.24, 2.45) is 0 Å². The van der Waals surface area contributed by atoms with Gasteiger partial charge in [-0.1, -0.05) is 24.3 Å². The van der Waals surface area contributed by atoms with Crippen molar-refractivity contribution in [1.29, 1.82) is 0 Å². The molecule has 0 aromatic heterocycles. The summed E-state index contributed by atoms with van der Waals surface area (Å²) < 4.78 is 13.5. The molecule has 2 aromatic rings. The minimum atomic E-state index is -1.05. The van der Waals surface area contributed by atoms with Crippen molar-refractivity contribution in [3.8, 4) is 0 Å². The lowest BCUT2D eigenvalue weighted by molar-refractivity contribution is 0.0698. The maximum Gasteiger partial charge on any atom is 0.337 e. The van der Waals surface area contributed by atoms with Crippen molar-refractivity contribution in [1.82, 2.24) is 0 Å². The number of rotatable bonds is 5. The topological polar surface area (TPSA) is 75.4 Å². The van der Waals surface area contributed by atoms with Gasteiger partial charge in [-0.3, -0.25) is 0 Å². The maximum atomic E-state index is 13.5. The maximum absolute atomic E-state index is 13.5. The van der Waals surface area contributed by atoms with E-state index >= 15 is 0 Å². The predicted octanol–water partition coefficient (Wildman–Crippen LogP) is 2.76. The lowest BCUT2D eigenvalue weighted by Crippen LogP contribution is -2.12. The predicted molar refractivity (Wildman–Crippen MR) is 76.4 cm³/mol. The smallest absolute Gasteiger partial charge is 0.337 e. The zero-order valence-electron chi connectivity index (χ0n) is 10.8. The molecule has 4 N–H and O–H groups in total. The number of benzene rings is 2. The molecule has 0 aliphatic heterocycles. The van der Waals surface area contributed by atoms with Gasteiger partial charge in [0, 0.05) is 6.54 Å². The van der Waals surface area contributed by atoms with Crippen molar-refractivity contribution in [3.63, 3.8) is 0 Å². The second-order valence-electron chi connectivity index (χ2n) is 4.34. The average molecular weight is 274 g/mol. The highest BCUT2D eigenvalue weighted by molar-refractivity contribution is 5.97. The van der Waals surface area contributed by atoms with E-state index in [1.54, 1.807) is 30.3 Å². The van der Waals surface area contributed by atoms with Gasteiger partial charge in [0.1, 0.15) is 5.82 Å². The first-order valence-electron chi connectivity index (χ1n) is 6.18. The minimum Gasteiger partial charge on any atom is -0.478 e. The summed E-state index contributed by atoms with van der Waals surface area (Å²) in [6.07, 6.45) is 0.445. The third-order valence-electron chi connectivity index (χ3n) is 2.98. The third kappa shape index (κ3) is 3.06. The molecule has 2 rings (SSSR count). The molecule has 20 heavy (non-hydrogen) atoms. The first kappa shape index (κ1) is 13.9. The summed E-state index contributed by atoms with van der Waals surface area (Å²) in [5, 5.41) is 12.1. The van der Waals surface area contributed by atoms with E-state index in [1.807, 2.05) is 0 Å². The van der Waals surface area contributed by atoms with Gasteiger partial charge in [-0.25, -0.2) is 9.18 Å². The van der Waals surface area contributed by atoms with Crippen LogP contribution < -0.4 is 11.1 Å². The first-order valence-corrected chi connectivity index (χ1v) is 6.18. The second kappa shape index (κ2) is 6.06. The van der Waals surface area contributed by atoms with Crippen LogP contribution in [0.25, 0.3) is 0 Å². The number of carbonyl (C=O) groups is 1. The van der Waals surface area contributed by atoms with Crippen LogP contribution in [-0.2, 0) is 6.42 Å². The van der Waals surface area contributed by atoms with Gasteiger partial charge in [0.15, 0.2) is 0 Å². The zero-order chi connectivity index (χ0) is 14.5. The third-order valence-corrected chi connectivity index (χ3v) is 2.98. The van der Waals surface area contributed by atoms with Gasteiger partial charge >= 0.3 is 5.97 Å². The van der Waals surface area contributed by atoms with Crippen molar-refractivity contribution < 1.29 is 14.3 Å². The van der Waals surface area contributed by atoms with Crippen molar-refractivity contribution in [2.45, 2.75) is 6.42 Å². The van der Waals surface area contributed by atoms with Crippen molar-refractivity contribution in [3.05, 3.63) is 59.4 Å². The van der Waals surface area contributed by atoms with E-state index < -0.39 is 5.97 Å². The number of nitrogens with one attached hydrogen (secondary N) is 1. The molecule has 5 heteroatoms. The van der Waals surface area contributed by atoms with Crippen LogP contribution in [0.2, 0.25) is 0 Å². The monoisotopic (exact) mass is 274 g/mol. The number of hydrogen-bond acceptors (Lipinski definition) is 3. The average Bonchev–Trinajstić information content (AvgIpc) is 2.42. The fourth-order valence-electron chi connectivity index (χ4n) is 1.97. The van der Waals surface area contributed by atoms with E-state index in [4.69, 9.17) is 10.8 Å². The number of hydrogen-bond donors (Lipinski definition) is 3. The fourth-order valence-corrected chi connectivity index (χ4v) is 1.97. The summed E-state index contributed by atoms with van der Waals surface area (Å²) in [6, 6.07) is 11.2. The summed E-state index contributed by atoms with van der Waals surface area (Å²) in [5.74, 6) is -1.32. The van der Waals surface area contributed by atoms with E-state index in [0.29, 0.717) is 29.9 Å². The van der Waals surface area contributed by atoms with E-state index in [0.717, 1.165) is 0 Å². The number of anilines is 2. The first-order chi connectivity index (χ1) is 9.59. The molecule has 0 aliphatic rings. The van der Waals surface area contributed by atoms with Crippen LogP contribution in [0.3, 0.4) is 0 Å². The molecule has 0 bridgehead atoms. The van der Waals surface area contributed by atoms with Gasteiger partial charge in [0.05, 0.1) is 16.9 Å². The molecule has 0 amide bonds. The summed E-state index contributed by atoms with van der Waals surface area (Å²) in [7, 11) is 0. The molecular formula is C15H15FN2O2. The van der Waals surface area contributed by atoms with Gasteiger partial charge in [0.25, 0.3) is 0 Å². The van der Waals surface area contributed by atoms with E-state index in [-0.39, 0.29) is 11.4 Å². The molecule has 0 aliphatic carbocycles.